The fraction of sp³-hybridized carbons (Fsp3) is 0.818. The molecule has 2 atom stereocenters. The fourth-order valence-corrected chi connectivity index (χ4v) is 1.95. The molecule has 0 bridgehead atoms. The maximum atomic E-state index is 5.63. The van der Waals surface area contributed by atoms with Gasteiger partial charge in [0.25, 0.3) is 5.89 Å². The summed E-state index contributed by atoms with van der Waals surface area (Å²) in [7, 11) is 1.58. The van der Waals surface area contributed by atoms with E-state index in [-0.39, 0.29) is 12.2 Å². The first-order valence-corrected chi connectivity index (χ1v) is 6.00. The van der Waals surface area contributed by atoms with Crippen molar-refractivity contribution in [1.82, 2.24) is 10.1 Å². The van der Waals surface area contributed by atoms with Crippen LogP contribution in [0.25, 0.3) is 0 Å². The molecule has 17 heavy (non-hydrogen) atoms. The van der Waals surface area contributed by atoms with Crippen LogP contribution in [0.15, 0.2) is 4.52 Å². The third-order valence-corrected chi connectivity index (χ3v) is 2.94. The number of rotatable bonds is 5. The highest BCUT2D eigenvalue weighted by molar-refractivity contribution is 4.93. The zero-order valence-corrected chi connectivity index (χ0v) is 10.1. The molecule has 1 aliphatic heterocycles. The predicted molar refractivity (Wildman–Crippen MR) is 60.4 cm³/mol. The van der Waals surface area contributed by atoms with Gasteiger partial charge in [-0.05, 0) is 19.3 Å². The van der Waals surface area contributed by atoms with Crippen molar-refractivity contribution in [2.75, 3.05) is 20.3 Å². The summed E-state index contributed by atoms with van der Waals surface area (Å²) in [6, 6.07) is 0. The minimum atomic E-state index is -0.316. The summed E-state index contributed by atoms with van der Waals surface area (Å²) in [6.07, 6.45) is 4.02. The van der Waals surface area contributed by atoms with E-state index in [1.54, 1.807) is 7.11 Å². The highest BCUT2D eigenvalue weighted by atomic mass is 16.5. The van der Waals surface area contributed by atoms with E-state index in [0.29, 0.717) is 24.7 Å². The van der Waals surface area contributed by atoms with E-state index < -0.39 is 0 Å². The Morgan fingerprint density at radius 1 is 1.53 bits per heavy atom. The predicted octanol–water partition coefficient (Wildman–Crippen LogP) is 0.827. The first-order chi connectivity index (χ1) is 8.33. The second-order valence-electron chi connectivity index (χ2n) is 4.20. The van der Waals surface area contributed by atoms with Gasteiger partial charge in [0.05, 0.1) is 6.10 Å². The molecule has 0 spiro atoms. The Hall–Kier alpha value is -0.980. The third kappa shape index (κ3) is 3.24. The lowest BCUT2D eigenvalue weighted by atomic mass is 10.1. The van der Waals surface area contributed by atoms with Gasteiger partial charge < -0.3 is 19.7 Å². The van der Waals surface area contributed by atoms with Crippen LogP contribution in [-0.2, 0) is 15.9 Å². The van der Waals surface area contributed by atoms with Gasteiger partial charge in [-0.15, -0.1) is 0 Å². The van der Waals surface area contributed by atoms with Crippen LogP contribution in [0.1, 0.15) is 37.1 Å². The van der Waals surface area contributed by atoms with Crippen LogP contribution in [0.2, 0.25) is 0 Å². The Labute approximate surface area is 100 Å². The molecule has 1 aromatic heterocycles. The van der Waals surface area contributed by atoms with Crippen molar-refractivity contribution in [2.24, 2.45) is 5.73 Å². The van der Waals surface area contributed by atoms with Crippen LogP contribution < -0.4 is 5.73 Å². The summed E-state index contributed by atoms with van der Waals surface area (Å²) in [5.74, 6) is 1.11. The van der Waals surface area contributed by atoms with E-state index in [1.165, 1.54) is 6.42 Å². The second kappa shape index (κ2) is 6.09. The smallest absolute Gasteiger partial charge is 0.257 e. The molecule has 0 aromatic carbocycles. The van der Waals surface area contributed by atoms with Crippen LogP contribution >= 0.6 is 0 Å². The van der Waals surface area contributed by atoms with Crippen molar-refractivity contribution in [3.05, 3.63) is 11.7 Å². The Kier molecular flexibility index (Phi) is 4.47. The SMILES string of the molecule is COC(CN)c1nc(CC2CCCCO2)no1. The van der Waals surface area contributed by atoms with Gasteiger partial charge in [-0.2, -0.15) is 4.98 Å². The minimum Gasteiger partial charge on any atom is -0.378 e. The Balaban J connectivity index is 1.93. The van der Waals surface area contributed by atoms with Gasteiger partial charge in [0.15, 0.2) is 5.82 Å². The number of ether oxygens (including phenoxy) is 2. The van der Waals surface area contributed by atoms with Crippen molar-refractivity contribution in [3.63, 3.8) is 0 Å². The topological polar surface area (TPSA) is 83.4 Å². The van der Waals surface area contributed by atoms with Crippen LogP contribution in [0, 0.1) is 0 Å². The van der Waals surface area contributed by atoms with Crippen molar-refractivity contribution in [2.45, 2.75) is 37.9 Å². The van der Waals surface area contributed by atoms with Crippen molar-refractivity contribution >= 4 is 0 Å². The maximum Gasteiger partial charge on any atom is 0.257 e. The lowest BCUT2D eigenvalue weighted by Crippen LogP contribution is -2.22. The standard InChI is InChI=1S/C11H19N3O3/c1-15-9(7-12)11-13-10(14-17-11)6-8-4-2-3-5-16-8/h8-9H,2-7,12H2,1H3. The number of nitrogens with zero attached hydrogens (tertiary/aromatic N) is 2. The lowest BCUT2D eigenvalue weighted by molar-refractivity contribution is 0.0153. The first kappa shape index (κ1) is 12.5. The summed E-state index contributed by atoms with van der Waals surface area (Å²) < 4.78 is 15.9. The quantitative estimate of drug-likeness (QED) is 0.822. The van der Waals surface area contributed by atoms with E-state index in [1.807, 2.05) is 0 Å². The van der Waals surface area contributed by atoms with Crippen LogP contribution in [0.4, 0.5) is 0 Å². The number of aromatic nitrogens is 2. The molecule has 2 heterocycles. The third-order valence-electron chi connectivity index (χ3n) is 2.94. The van der Waals surface area contributed by atoms with Gasteiger partial charge >= 0.3 is 0 Å². The molecule has 0 aliphatic carbocycles. The molecule has 0 radical (unpaired) electrons. The summed E-state index contributed by atoms with van der Waals surface area (Å²) in [4.78, 5) is 4.28. The van der Waals surface area contributed by atoms with Crippen LogP contribution in [-0.4, -0.2) is 36.5 Å². The molecule has 0 amide bonds. The molecule has 2 unspecified atom stereocenters. The lowest BCUT2D eigenvalue weighted by Gasteiger charge is -2.20. The van der Waals surface area contributed by atoms with Gasteiger partial charge in [-0.25, -0.2) is 0 Å². The van der Waals surface area contributed by atoms with E-state index in [2.05, 4.69) is 10.1 Å². The molecular weight excluding hydrogens is 222 g/mol. The molecule has 96 valence electrons. The number of methoxy groups -OCH3 is 1. The van der Waals surface area contributed by atoms with Gasteiger partial charge in [0, 0.05) is 26.7 Å². The second-order valence-corrected chi connectivity index (χ2v) is 4.20. The van der Waals surface area contributed by atoms with Crippen LogP contribution in [0.5, 0.6) is 0 Å². The Morgan fingerprint density at radius 3 is 3.06 bits per heavy atom. The molecule has 2 N–H and O–H groups in total. The number of hydrogen-bond acceptors (Lipinski definition) is 6. The van der Waals surface area contributed by atoms with E-state index in [0.717, 1.165) is 19.4 Å². The largest absolute Gasteiger partial charge is 0.378 e. The number of hydrogen-bond donors (Lipinski definition) is 1. The molecular formula is C11H19N3O3. The van der Waals surface area contributed by atoms with Gasteiger partial charge in [0.2, 0.25) is 0 Å². The Bertz CT molecular complexity index is 332. The van der Waals surface area contributed by atoms with Crippen molar-refractivity contribution in [3.8, 4) is 0 Å². The summed E-state index contributed by atoms with van der Waals surface area (Å²) >= 11 is 0. The molecule has 1 fully saturated rings. The molecule has 1 saturated heterocycles. The molecule has 2 rings (SSSR count). The average Bonchev–Trinajstić information content (AvgIpc) is 2.81. The molecule has 6 nitrogen and oxygen atoms in total. The zero-order valence-electron chi connectivity index (χ0n) is 10.1. The van der Waals surface area contributed by atoms with E-state index in [4.69, 9.17) is 19.7 Å². The monoisotopic (exact) mass is 241 g/mol. The molecule has 1 aliphatic rings. The zero-order chi connectivity index (χ0) is 12.1. The van der Waals surface area contributed by atoms with Crippen molar-refractivity contribution < 1.29 is 14.0 Å². The van der Waals surface area contributed by atoms with Crippen molar-refractivity contribution in [1.29, 1.82) is 0 Å². The minimum absolute atomic E-state index is 0.216. The first-order valence-electron chi connectivity index (χ1n) is 6.00. The fourth-order valence-electron chi connectivity index (χ4n) is 1.95. The summed E-state index contributed by atoms with van der Waals surface area (Å²) in [5, 5.41) is 3.93. The Morgan fingerprint density at radius 2 is 2.41 bits per heavy atom. The van der Waals surface area contributed by atoms with Gasteiger partial charge in [-0.1, -0.05) is 5.16 Å². The molecule has 6 heteroatoms. The molecule has 1 aromatic rings. The number of nitrogens with two attached hydrogens (primary N) is 1. The summed E-state index contributed by atoms with van der Waals surface area (Å²) in [5.41, 5.74) is 5.53. The summed E-state index contributed by atoms with van der Waals surface area (Å²) in [6.45, 7) is 1.16. The highest BCUT2D eigenvalue weighted by Gasteiger charge is 2.20. The maximum absolute atomic E-state index is 5.63. The van der Waals surface area contributed by atoms with Gasteiger partial charge in [-0.3, -0.25) is 0 Å². The normalized spacial score (nSPS) is 22.6. The average molecular weight is 241 g/mol. The van der Waals surface area contributed by atoms with E-state index >= 15 is 0 Å². The van der Waals surface area contributed by atoms with E-state index in [9.17, 15) is 0 Å². The van der Waals surface area contributed by atoms with Crippen LogP contribution in [0.3, 0.4) is 0 Å². The van der Waals surface area contributed by atoms with Gasteiger partial charge in [0.1, 0.15) is 6.10 Å². The molecule has 0 saturated carbocycles. The highest BCUT2D eigenvalue weighted by Crippen LogP contribution is 2.18.